The van der Waals surface area contributed by atoms with E-state index in [-0.39, 0.29) is 92.2 Å². The van der Waals surface area contributed by atoms with Crippen molar-refractivity contribution >= 4 is 51.7 Å². The van der Waals surface area contributed by atoms with E-state index in [0.29, 0.717) is 55.3 Å². The molecule has 14 rings (SSSR count). The van der Waals surface area contributed by atoms with Gasteiger partial charge in [-0.1, -0.05) is 95.8 Å². The molecule has 4 aliphatic carbocycles. The van der Waals surface area contributed by atoms with Gasteiger partial charge < -0.3 is 43.4 Å². The number of carboxylic acids is 1. The first-order chi connectivity index (χ1) is 41.2. The summed E-state index contributed by atoms with van der Waals surface area (Å²) < 4.78 is 32.8. The zero-order chi connectivity index (χ0) is 60.2. The van der Waals surface area contributed by atoms with Gasteiger partial charge in [0.25, 0.3) is 0 Å². The van der Waals surface area contributed by atoms with E-state index in [2.05, 4.69) is 39.5 Å². The normalized spacial score (nSPS) is 22.1. The van der Waals surface area contributed by atoms with Gasteiger partial charge in [-0.15, -0.1) is 0 Å². The Bertz CT molecular complexity index is 3900. The fourth-order valence-corrected chi connectivity index (χ4v) is 15.5. The van der Waals surface area contributed by atoms with Crippen molar-refractivity contribution < 1.29 is 87.8 Å². The van der Waals surface area contributed by atoms with Gasteiger partial charge in [0.15, 0.2) is 0 Å². The van der Waals surface area contributed by atoms with Crippen molar-refractivity contribution in [2.24, 2.45) is 10.8 Å². The fourth-order valence-electron chi connectivity index (χ4n) is 15.5. The van der Waals surface area contributed by atoms with Crippen LogP contribution in [0.4, 0.5) is 4.79 Å². The van der Waals surface area contributed by atoms with Crippen molar-refractivity contribution in [3.05, 3.63) is 142 Å². The summed E-state index contributed by atoms with van der Waals surface area (Å²) in [6.45, 7) is 12.2. The standard InChI is InChI=1S/C41H44N2O6.C31H35NO5.2CH4.Na.H2O/c1-40(2,3)49-37(44)27-15-17-31-34(20-27)42-24-41(38(45)43-28(23-48-39(43)46)19-25-11-7-5-8-12-25)22-33(41)32-21-29(47-4)16-18-30(32)36(42)35(31)26-13-9-6-10-14-26;1-30(2,3)37-28(33)19-10-12-22-25(14-19)32-17-31(29(34)35)16-24(31)23-15-20(36-4)11-13-21(23)27(32)26(22)18-8-6-5-7-9-18;;;;/h5,7-8,11-12,15-18,20-21,26,28,33H,6,9-10,13-14,19,22-24H2,1-4H3;10-15,18,24H,5-9,16-17H2,1-4H3,(H,34,35);2*1H4;;1H2/q;;;;+1;/p-1/t28-,33+,41+;24-,31-;;;;/m10..../s1. The van der Waals surface area contributed by atoms with E-state index in [1.54, 1.807) is 14.2 Å². The Morgan fingerprint density at radius 2 is 1.04 bits per heavy atom. The number of aliphatic carboxylic acids is 1. The van der Waals surface area contributed by atoms with Crippen LogP contribution in [0.5, 0.6) is 11.5 Å². The molecule has 16 heteroatoms. The Labute approximate surface area is 551 Å². The van der Waals surface area contributed by atoms with Crippen LogP contribution in [0.15, 0.2) is 103 Å². The van der Waals surface area contributed by atoms with E-state index in [4.69, 9.17) is 23.7 Å². The summed E-state index contributed by atoms with van der Waals surface area (Å²) in [4.78, 5) is 68.9. The second kappa shape index (κ2) is 25.6. The van der Waals surface area contributed by atoms with Crippen LogP contribution in [0.1, 0.15) is 206 Å². The number of aromatic nitrogens is 2. The smallest absolute Gasteiger partial charge is 0.870 e. The van der Waals surface area contributed by atoms with Gasteiger partial charge in [0.05, 0.1) is 53.6 Å². The van der Waals surface area contributed by atoms with E-state index in [1.807, 2.05) is 114 Å². The number of hydrogen-bond donors (Lipinski definition) is 1. The van der Waals surface area contributed by atoms with E-state index in [9.17, 15) is 29.1 Å². The van der Waals surface area contributed by atoms with Crippen LogP contribution in [-0.2, 0) is 43.3 Å². The zero-order valence-electron chi connectivity index (χ0n) is 52.3. The maximum Gasteiger partial charge on any atom is 1.00 e. The second-order valence-corrected chi connectivity index (χ2v) is 27.5. The third-order valence-corrected chi connectivity index (χ3v) is 19.7. The molecule has 5 aromatic carbocycles. The van der Waals surface area contributed by atoms with E-state index in [1.165, 1.54) is 54.6 Å². The van der Waals surface area contributed by atoms with Crippen LogP contribution in [0.3, 0.4) is 0 Å². The monoisotopic (exact) mass is 1230 g/mol. The molecule has 7 aliphatic rings. The Hall–Kier alpha value is -6.91. The van der Waals surface area contributed by atoms with Crippen molar-refractivity contribution in [3.8, 4) is 34.0 Å². The molecule has 5 atom stereocenters. The Morgan fingerprint density at radius 3 is 1.49 bits per heavy atom. The number of rotatable bonds is 10. The number of imide groups is 1. The minimum Gasteiger partial charge on any atom is -0.870 e. The summed E-state index contributed by atoms with van der Waals surface area (Å²) in [7, 11) is 3.32. The molecule has 90 heavy (non-hydrogen) atoms. The van der Waals surface area contributed by atoms with Crippen molar-refractivity contribution in [2.45, 2.75) is 194 Å². The van der Waals surface area contributed by atoms with Crippen molar-refractivity contribution in [1.29, 1.82) is 0 Å². The summed E-state index contributed by atoms with van der Waals surface area (Å²) in [5.74, 6) is 0.422. The van der Waals surface area contributed by atoms with Gasteiger partial charge in [0.1, 0.15) is 29.3 Å². The molecular formula is C74H88N3NaO12. The summed E-state index contributed by atoms with van der Waals surface area (Å²) in [6.07, 6.45) is 12.8. The van der Waals surface area contributed by atoms with Gasteiger partial charge in [-0.05, 0) is 187 Å². The molecule has 0 spiro atoms. The molecule has 472 valence electrons. The third-order valence-electron chi connectivity index (χ3n) is 19.7. The number of benzene rings is 5. The number of cyclic esters (lactones) is 1. The quantitative estimate of drug-likeness (QED) is 0.0774. The summed E-state index contributed by atoms with van der Waals surface area (Å²) in [5, 5.41) is 12.7. The van der Waals surface area contributed by atoms with Gasteiger partial charge in [-0.2, -0.15) is 0 Å². The summed E-state index contributed by atoms with van der Waals surface area (Å²) in [6, 6.07) is 33.7. The molecule has 1 saturated heterocycles. The van der Waals surface area contributed by atoms with Gasteiger partial charge in [-0.25, -0.2) is 19.3 Å². The summed E-state index contributed by atoms with van der Waals surface area (Å²) >= 11 is 0. The van der Waals surface area contributed by atoms with Crippen LogP contribution >= 0.6 is 0 Å². The minimum atomic E-state index is -0.859. The number of carboxylic acid groups (broad SMARTS) is 1. The molecule has 3 aliphatic heterocycles. The molecular weight excluding hydrogens is 1150 g/mol. The van der Waals surface area contributed by atoms with Gasteiger partial charge in [-0.3, -0.25) is 9.59 Å². The molecule has 5 fully saturated rings. The third kappa shape index (κ3) is 12.0. The average molecular weight is 1230 g/mol. The van der Waals surface area contributed by atoms with Crippen LogP contribution in [0, 0.1) is 10.8 Å². The molecule has 0 bridgehead atoms. The topological polar surface area (TPSA) is 195 Å². The molecule has 2 aromatic heterocycles. The van der Waals surface area contributed by atoms with E-state index in [0.717, 1.165) is 98.2 Å². The molecule has 4 saturated carbocycles. The SMILES string of the molecule is C.C.COc1ccc2c(c1)[C@@H]1C[C@]1(C(=O)N1C(=O)OC[C@H]1Cc1ccccc1)Cn1c-2c(C2CCCCC2)c2ccc(C(=O)OC(C)(C)C)cc21.COc1ccc2c(c1)[C@@H]1C[C@]1(C(=O)O)Cn1c-2c(C2CCCCC2)c2ccc(C(=O)OC(C)(C)C)cc21.[Na+].[OH-]. The number of carbonyl (C=O) groups excluding carboxylic acids is 4. The number of fused-ring (bicyclic) bond motifs is 14. The first-order valence-corrected chi connectivity index (χ1v) is 31.1. The predicted molar refractivity (Wildman–Crippen MR) is 345 cm³/mol. The predicted octanol–water partition coefficient (Wildman–Crippen LogP) is 13.4. The van der Waals surface area contributed by atoms with Crippen molar-refractivity contribution in [2.75, 3.05) is 20.8 Å². The number of esters is 2. The summed E-state index contributed by atoms with van der Waals surface area (Å²) in [5.41, 5.74) is 10.1. The van der Waals surface area contributed by atoms with E-state index < -0.39 is 34.1 Å². The molecule has 0 unspecified atom stereocenters. The number of ether oxygens (including phenoxy) is 5. The Morgan fingerprint density at radius 1 is 0.600 bits per heavy atom. The first kappa shape index (κ1) is 67.5. The average Bonchev–Trinajstić information content (AvgIpc) is 1.68. The van der Waals surface area contributed by atoms with Gasteiger partial charge >= 0.3 is 53.6 Å². The Balaban J connectivity index is 0.000000212. The van der Waals surface area contributed by atoms with Crippen LogP contribution in [-0.4, -0.2) is 92.6 Å². The molecule has 15 nitrogen and oxygen atoms in total. The van der Waals surface area contributed by atoms with Crippen LogP contribution < -0.4 is 39.0 Å². The molecule has 0 radical (unpaired) electrons. The van der Waals surface area contributed by atoms with Crippen LogP contribution in [0.2, 0.25) is 0 Å². The maximum absolute atomic E-state index is 15.0. The number of hydrogen-bond acceptors (Lipinski definition) is 11. The first-order valence-electron chi connectivity index (χ1n) is 31.1. The number of methoxy groups -OCH3 is 2. The largest absolute Gasteiger partial charge is 1.00 e. The number of carbonyl (C=O) groups is 5. The fraction of sp³-hybridized carbons (Fsp3) is 0.473. The van der Waals surface area contributed by atoms with Crippen molar-refractivity contribution in [1.82, 2.24) is 14.0 Å². The van der Waals surface area contributed by atoms with E-state index >= 15 is 0 Å². The molecule has 2 amide bonds. The van der Waals surface area contributed by atoms with Crippen LogP contribution in [0.25, 0.3) is 44.3 Å². The minimum absolute atomic E-state index is 0. The maximum atomic E-state index is 15.0. The second-order valence-electron chi connectivity index (χ2n) is 27.5. The molecule has 5 heterocycles. The molecule has 2 N–H and O–H groups in total. The zero-order valence-corrected chi connectivity index (χ0v) is 54.3. The van der Waals surface area contributed by atoms with Gasteiger partial charge in [0, 0.05) is 57.9 Å². The number of nitrogens with zero attached hydrogens (tertiary/aromatic N) is 3. The Kier molecular flexibility index (Phi) is 19.2. The molecule has 7 aromatic rings. The van der Waals surface area contributed by atoms with Gasteiger partial charge in [0.2, 0.25) is 5.91 Å². The number of amides is 2. The van der Waals surface area contributed by atoms with Crippen molar-refractivity contribution in [3.63, 3.8) is 0 Å².